The molecule has 1 atom stereocenters. The molecule has 150 valence electrons. The molecule has 2 rings (SSSR count). The number of para-hydroxylation sites is 1. The van der Waals surface area contributed by atoms with Gasteiger partial charge < -0.3 is 20.1 Å². The van der Waals surface area contributed by atoms with Gasteiger partial charge in [0.25, 0.3) is 11.8 Å². The Morgan fingerprint density at radius 1 is 1.18 bits per heavy atom. The van der Waals surface area contributed by atoms with E-state index < -0.39 is 6.10 Å². The number of carbonyl (C=O) groups is 2. The molecule has 0 radical (unpaired) electrons. The zero-order valence-corrected chi connectivity index (χ0v) is 17.0. The van der Waals surface area contributed by atoms with Crippen LogP contribution in [0.5, 0.6) is 5.75 Å². The Hall–Kier alpha value is -2.57. The first-order valence-corrected chi connectivity index (χ1v) is 9.40. The van der Waals surface area contributed by atoms with Crippen LogP contribution < -0.4 is 15.4 Å². The SMILES string of the molecule is COCCCNC(=O)c1ccccc1NC(=O)[C@H](C)Oc1ccc(Cl)c(C)c1. The van der Waals surface area contributed by atoms with Gasteiger partial charge in [-0.3, -0.25) is 9.59 Å². The van der Waals surface area contributed by atoms with Crippen LogP contribution in [-0.4, -0.2) is 38.2 Å². The van der Waals surface area contributed by atoms with E-state index in [9.17, 15) is 9.59 Å². The van der Waals surface area contributed by atoms with Crippen molar-refractivity contribution in [3.8, 4) is 5.75 Å². The number of rotatable bonds is 9. The highest BCUT2D eigenvalue weighted by atomic mass is 35.5. The zero-order valence-electron chi connectivity index (χ0n) is 16.3. The molecule has 2 aromatic rings. The smallest absolute Gasteiger partial charge is 0.265 e. The molecule has 7 heteroatoms. The number of aryl methyl sites for hydroxylation is 1. The number of carbonyl (C=O) groups excluding carboxylic acids is 2. The van der Waals surface area contributed by atoms with Gasteiger partial charge in [0.1, 0.15) is 5.75 Å². The zero-order chi connectivity index (χ0) is 20.5. The normalized spacial score (nSPS) is 11.6. The predicted molar refractivity (Wildman–Crippen MR) is 110 cm³/mol. The summed E-state index contributed by atoms with van der Waals surface area (Å²) < 4.78 is 10.7. The lowest BCUT2D eigenvalue weighted by atomic mass is 10.1. The minimum atomic E-state index is -0.751. The van der Waals surface area contributed by atoms with Gasteiger partial charge in [-0.1, -0.05) is 23.7 Å². The maximum atomic E-state index is 12.5. The highest BCUT2D eigenvalue weighted by molar-refractivity contribution is 6.31. The molecule has 0 spiro atoms. The first kappa shape index (κ1) is 21.7. The molecule has 0 saturated carbocycles. The standard InChI is InChI=1S/C21H25ClN2O4/c1-14-13-16(9-10-18(14)22)28-15(2)20(25)24-19-8-5-4-7-17(19)21(26)23-11-6-12-27-3/h4-5,7-10,13,15H,6,11-12H2,1-3H3,(H,23,26)(H,24,25)/t15-/m0/s1. The third-order valence-electron chi connectivity index (χ3n) is 4.05. The molecular formula is C21H25ClN2O4. The van der Waals surface area contributed by atoms with E-state index >= 15 is 0 Å². The first-order chi connectivity index (χ1) is 13.4. The van der Waals surface area contributed by atoms with Crippen LogP contribution in [0.15, 0.2) is 42.5 Å². The molecule has 0 aromatic heterocycles. The van der Waals surface area contributed by atoms with E-state index in [2.05, 4.69) is 10.6 Å². The van der Waals surface area contributed by atoms with Crippen LogP contribution in [0.4, 0.5) is 5.69 Å². The summed E-state index contributed by atoms with van der Waals surface area (Å²) >= 11 is 6.01. The number of nitrogens with one attached hydrogen (secondary N) is 2. The number of hydrogen-bond donors (Lipinski definition) is 2. The number of halogens is 1. The predicted octanol–water partition coefficient (Wildman–Crippen LogP) is 3.82. The van der Waals surface area contributed by atoms with Crippen LogP contribution >= 0.6 is 11.6 Å². The number of anilines is 1. The Bertz CT molecular complexity index is 826. The molecule has 2 amide bonds. The van der Waals surface area contributed by atoms with Crippen molar-refractivity contribution < 1.29 is 19.1 Å². The fraction of sp³-hybridized carbons (Fsp3) is 0.333. The summed E-state index contributed by atoms with van der Waals surface area (Å²) in [6.07, 6.45) is -0.0410. The van der Waals surface area contributed by atoms with Crippen molar-refractivity contribution in [1.82, 2.24) is 5.32 Å². The van der Waals surface area contributed by atoms with Crippen molar-refractivity contribution >= 4 is 29.1 Å². The van der Waals surface area contributed by atoms with Gasteiger partial charge in [-0.05, 0) is 56.2 Å². The number of amides is 2. The van der Waals surface area contributed by atoms with Gasteiger partial charge in [0.05, 0.1) is 11.3 Å². The van der Waals surface area contributed by atoms with Gasteiger partial charge in [-0.2, -0.15) is 0 Å². The largest absolute Gasteiger partial charge is 0.481 e. The lowest BCUT2D eigenvalue weighted by Crippen LogP contribution is -2.32. The van der Waals surface area contributed by atoms with Gasteiger partial charge in [0, 0.05) is 25.3 Å². The van der Waals surface area contributed by atoms with Crippen LogP contribution in [0, 0.1) is 6.92 Å². The van der Waals surface area contributed by atoms with E-state index in [0.717, 1.165) is 5.56 Å². The summed E-state index contributed by atoms with van der Waals surface area (Å²) in [4.78, 5) is 24.9. The van der Waals surface area contributed by atoms with Crippen molar-refractivity contribution in [2.24, 2.45) is 0 Å². The summed E-state index contributed by atoms with van der Waals surface area (Å²) in [6, 6.07) is 12.0. The highest BCUT2D eigenvalue weighted by Crippen LogP contribution is 2.22. The number of hydrogen-bond acceptors (Lipinski definition) is 4. The van der Waals surface area contributed by atoms with E-state index in [4.69, 9.17) is 21.1 Å². The van der Waals surface area contributed by atoms with Crippen LogP contribution in [0.3, 0.4) is 0 Å². The second-order valence-electron chi connectivity index (χ2n) is 6.31. The molecule has 2 N–H and O–H groups in total. The van der Waals surface area contributed by atoms with Crippen LogP contribution in [-0.2, 0) is 9.53 Å². The van der Waals surface area contributed by atoms with Crippen molar-refractivity contribution in [3.05, 3.63) is 58.6 Å². The van der Waals surface area contributed by atoms with Crippen molar-refractivity contribution in [1.29, 1.82) is 0 Å². The highest BCUT2D eigenvalue weighted by Gasteiger charge is 2.18. The second kappa shape index (κ2) is 10.7. The van der Waals surface area contributed by atoms with Gasteiger partial charge in [0.15, 0.2) is 6.10 Å². The average Bonchev–Trinajstić information content (AvgIpc) is 2.68. The molecule has 2 aromatic carbocycles. The summed E-state index contributed by atoms with van der Waals surface area (Å²) in [5, 5.41) is 6.21. The third kappa shape index (κ3) is 6.25. The minimum absolute atomic E-state index is 0.256. The van der Waals surface area contributed by atoms with Crippen molar-refractivity contribution in [2.45, 2.75) is 26.4 Å². The van der Waals surface area contributed by atoms with E-state index in [1.807, 2.05) is 6.92 Å². The van der Waals surface area contributed by atoms with E-state index in [1.165, 1.54) is 0 Å². The molecule has 0 aliphatic heterocycles. The summed E-state index contributed by atoms with van der Waals surface area (Å²) in [5.41, 5.74) is 1.68. The molecular weight excluding hydrogens is 380 g/mol. The summed E-state index contributed by atoms with van der Waals surface area (Å²) in [7, 11) is 1.61. The topological polar surface area (TPSA) is 76.7 Å². The average molecular weight is 405 g/mol. The Morgan fingerprint density at radius 3 is 2.64 bits per heavy atom. The molecule has 0 aliphatic carbocycles. The summed E-state index contributed by atoms with van der Waals surface area (Å²) in [6.45, 7) is 4.57. The molecule has 0 aliphatic rings. The Labute approximate surface area is 170 Å². The number of methoxy groups -OCH3 is 1. The van der Waals surface area contributed by atoms with E-state index in [-0.39, 0.29) is 11.8 Å². The lowest BCUT2D eigenvalue weighted by Gasteiger charge is -2.17. The molecule has 0 fully saturated rings. The second-order valence-corrected chi connectivity index (χ2v) is 6.72. The fourth-order valence-corrected chi connectivity index (χ4v) is 2.60. The van der Waals surface area contributed by atoms with E-state index in [1.54, 1.807) is 56.5 Å². The Morgan fingerprint density at radius 2 is 1.93 bits per heavy atom. The summed E-state index contributed by atoms with van der Waals surface area (Å²) in [5.74, 6) is -0.0603. The van der Waals surface area contributed by atoms with Gasteiger partial charge in [0.2, 0.25) is 0 Å². The number of ether oxygens (including phenoxy) is 2. The van der Waals surface area contributed by atoms with Gasteiger partial charge in [-0.25, -0.2) is 0 Å². The van der Waals surface area contributed by atoms with Crippen LogP contribution in [0.1, 0.15) is 29.3 Å². The quantitative estimate of drug-likeness (QED) is 0.623. The molecule has 0 bridgehead atoms. The lowest BCUT2D eigenvalue weighted by molar-refractivity contribution is -0.122. The fourth-order valence-electron chi connectivity index (χ4n) is 2.49. The van der Waals surface area contributed by atoms with E-state index in [0.29, 0.717) is 41.6 Å². The molecule has 6 nitrogen and oxygen atoms in total. The first-order valence-electron chi connectivity index (χ1n) is 9.02. The molecule has 0 saturated heterocycles. The van der Waals surface area contributed by atoms with Gasteiger partial charge >= 0.3 is 0 Å². The Kier molecular flexibility index (Phi) is 8.29. The third-order valence-corrected chi connectivity index (χ3v) is 4.48. The van der Waals surface area contributed by atoms with Crippen molar-refractivity contribution in [2.75, 3.05) is 25.6 Å². The van der Waals surface area contributed by atoms with Crippen molar-refractivity contribution in [3.63, 3.8) is 0 Å². The minimum Gasteiger partial charge on any atom is -0.481 e. The number of benzene rings is 2. The molecule has 28 heavy (non-hydrogen) atoms. The monoisotopic (exact) mass is 404 g/mol. The van der Waals surface area contributed by atoms with Crippen LogP contribution in [0.2, 0.25) is 5.02 Å². The van der Waals surface area contributed by atoms with Crippen LogP contribution in [0.25, 0.3) is 0 Å². The van der Waals surface area contributed by atoms with Gasteiger partial charge in [-0.15, -0.1) is 0 Å². The Balaban J connectivity index is 2.00. The maximum absolute atomic E-state index is 12.5. The molecule has 0 heterocycles. The maximum Gasteiger partial charge on any atom is 0.265 e. The molecule has 0 unspecified atom stereocenters.